The van der Waals surface area contributed by atoms with E-state index in [1.807, 2.05) is 18.2 Å². The summed E-state index contributed by atoms with van der Waals surface area (Å²) in [5.41, 5.74) is 4.31. The van der Waals surface area contributed by atoms with Crippen molar-refractivity contribution in [2.75, 3.05) is 12.4 Å². The number of hydrogen-bond acceptors (Lipinski definition) is 4. The Balaban J connectivity index is 1.74. The number of aryl methyl sites for hydroxylation is 1. The van der Waals surface area contributed by atoms with Crippen molar-refractivity contribution in [3.05, 3.63) is 77.5 Å². The van der Waals surface area contributed by atoms with Gasteiger partial charge in [-0.1, -0.05) is 35.9 Å². The highest BCUT2D eigenvalue weighted by molar-refractivity contribution is 5.92. The molecule has 3 rings (SSSR count). The van der Waals surface area contributed by atoms with E-state index in [1.54, 1.807) is 24.4 Å². The van der Waals surface area contributed by atoms with Crippen LogP contribution in [0.25, 0.3) is 11.1 Å². The van der Waals surface area contributed by atoms with Crippen molar-refractivity contribution in [1.29, 1.82) is 0 Å². The average Bonchev–Trinajstić information content (AvgIpc) is 2.66. The number of ether oxygens (including phenoxy) is 1. The van der Waals surface area contributed by atoms with E-state index in [0.29, 0.717) is 12.3 Å². The van der Waals surface area contributed by atoms with Crippen LogP contribution in [0.2, 0.25) is 0 Å². The Morgan fingerprint density at radius 2 is 1.92 bits per heavy atom. The van der Waals surface area contributed by atoms with Crippen molar-refractivity contribution in [3.8, 4) is 16.9 Å². The molecule has 1 aromatic heterocycles. The lowest BCUT2D eigenvalue weighted by molar-refractivity contribution is 0.0693. The second-order valence-electron chi connectivity index (χ2n) is 5.99. The Hall–Kier alpha value is -3.34. The van der Waals surface area contributed by atoms with Gasteiger partial charge in [-0.3, -0.25) is 0 Å². The molecule has 0 aliphatic carbocycles. The highest BCUT2D eigenvalue weighted by Gasteiger charge is 2.12. The van der Waals surface area contributed by atoms with Crippen molar-refractivity contribution in [3.63, 3.8) is 0 Å². The van der Waals surface area contributed by atoms with Gasteiger partial charge in [0, 0.05) is 18.3 Å². The molecule has 0 aliphatic rings. The molecule has 0 atom stereocenters. The monoisotopic (exact) mass is 348 g/mol. The number of hydrogen-bond donors (Lipinski definition) is 2. The molecule has 2 N–H and O–H groups in total. The third-order valence-corrected chi connectivity index (χ3v) is 4.08. The van der Waals surface area contributed by atoms with Crippen molar-refractivity contribution in [1.82, 2.24) is 4.98 Å². The molecule has 0 saturated heterocycles. The maximum absolute atomic E-state index is 11.2. The van der Waals surface area contributed by atoms with Gasteiger partial charge in [0.25, 0.3) is 0 Å². The average molecular weight is 348 g/mol. The minimum Gasteiger partial charge on any atom is -0.496 e. The SMILES string of the molecule is COc1cc(-c2ccc(NCc3cccc(C)c3)nc2)ccc1C(=O)O. The first-order valence-corrected chi connectivity index (χ1v) is 8.24. The Kier molecular flexibility index (Phi) is 5.17. The molecule has 1 heterocycles. The van der Waals surface area contributed by atoms with E-state index in [1.165, 1.54) is 18.2 Å². The molecule has 132 valence electrons. The summed E-state index contributed by atoms with van der Waals surface area (Å²) in [7, 11) is 1.46. The molecule has 0 amide bonds. The number of anilines is 1. The van der Waals surface area contributed by atoms with Gasteiger partial charge < -0.3 is 15.2 Å². The van der Waals surface area contributed by atoms with Crippen LogP contribution in [0, 0.1) is 6.92 Å². The molecule has 0 spiro atoms. The third kappa shape index (κ3) is 4.00. The Morgan fingerprint density at radius 3 is 2.58 bits per heavy atom. The fourth-order valence-corrected chi connectivity index (χ4v) is 2.73. The van der Waals surface area contributed by atoms with Gasteiger partial charge in [-0.05, 0) is 42.3 Å². The largest absolute Gasteiger partial charge is 0.496 e. The highest BCUT2D eigenvalue weighted by atomic mass is 16.5. The first-order chi connectivity index (χ1) is 12.6. The first kappa shape index (κ1) is 17.5. The standard InChI is InChI=1S/C21H20N2O3/c1-14-4-3-5-15(10-14)12-22-20-9-7-17(13-23-20)16-6-8-18(21(24)25)19(11-16)26-2/h3-11,13H,12H2,1-2H3,(H,22,23)(H,24,25). The zero-order valence-electron chi connectivity index (χ0n) is 14.7. The lowest BCUT2D eigenvalue weighted by atomic mass is 10.0. The van der Waals surface area contributed by atoms with E-state index >= 15 is 0 Å². The van der Waals surface area contributed by atoms with Crippen LogP contribution in [0.3, 0.4) is 0 Å². The van der Waals surface area contributed by atoms with Gasteiger partial charge in [-0.15, -0.1) is 0 Å². The maximum atomic E-state index is 11.2. The Bertz CT molecular complexity index is 921. The van der Waals surface area contributed by atoms with Crippen LogP contribution >= 0.6 is 0 Å². The molecule has 5 nitrogen and oxygen atoms in total. The molecule has 5 heteroatoms. The third-order valence-electron chi connectivity index (χ3n) is 4.08. The number of pyridine rings is 1. The summed E-state index contributed by atoms with van der Waals surface area (Å²) in [6, 6.07) is 17.2. The van der Waals surface area contributed by atoms with Crippen molar-refractivity contribution in [2.45, 2.75) is 13.5 Å². The van der Waals surface area contributed by atoms with Crippen molar-refractivity contribution in [2.24, 2.45) is 0 Å². The summed E-state index contributed by atoms with van der Waals surface area (Å²) in [4.78, 5) is 15.6. The Morgan fingerprint density at radius 1 is 1.12 bits per heavy atom. The lowest BCUT2D eigenvalue weighted by Gasteiger charge is -2.10. The minimum absolute atomic E-state index is 0.139. The topological polar surface area (TPSA) is 71.5 Å². The fraction of sp³-hybridized carbons (Fsp3) is 0.143. The molecule has 0 bridgehead atoms. The molecule has 26 heavy (non-hydrogen) atoms. The number of nitrogens with zero attached hydrogens (tertiary/aromatic N) is 1. The molecule has 0 fully saturated rings. The molecule has 3 aromatic rings. The van der Waals surface area contributed by atoms with Crippen LogP contribution in [0.5, 0.6) is 5.75 Å². The zero-order chi connectivity index (χ0) is 18.5. The van der Waals surface area contributed by atoms with E-state index in [2.05, 4.69) is 35.4 Å². The molecule has 0 saturated carbocycles. The summed E-state index contributed by atoms with van der Waals surface area (Å²) in [6.07, 6.45) is 1.76. The van der Waals surface area contributed by atoms with E-state index in [4.69, 9.17) is 9.84 Å². The second kappa shape index (κ2) is 7.70. The van der Waals surface area contributed by atoms with Gasteiger partial charge in [-0.2, -0.15) is 0 Å². The normalized spacial score (nSPS) is 10.4. The van der Waals surface area contributed by atoms with Gasteiger partial charge in [0.15, 0.2) is 0 Å². The number of benzene rings is 2. The summed E-state index contributed by atoms with van der Waals surface area (Å²) < 4.78 is 5.18. The first-order valence-electron chi connectivity index (χ1n) is 8.24. The number of rotatable bonds is 6. The van der Waals surface area contributed by atoms with Crippen LogP contribution in [0.1, 0.15) is 21.5 Å². The van der Waals surface area contributed by atoms with E-state index in [-0.39, 0.29) is 5.56 Å². The predicted molar refractivity (Wildman–Crippen MR) is 102 cm³/mol. The summed E-state index contributed by atoms with van der Waals surface area (Å²) in [5.74, 6) is 0.100. The summed E-state index contributed by atoms with van der Waals surface area (Å²) in [5, 5.41) is 12.5. The number of carboxylic acids is 1. The number of carbonyl (C=O) groups is 1. The molecule has 0 aliphatic heterocycles. The molecule has 0 radical (unpaired) electrons. The van der Waals surface area contributed by atoms with E-state index < -0.39 is 5.97 Å². The van der Waals surface area contributed by atoms with Crippen LogP contribution in [0.4, 0.5) is 5.82 Å². The van der Waals surface area contributed by atoms with Crippen LogP contribution in [0.15, 0.2) is 60.8 Å². The molecule has 0 unspecified atom stereocenters. The zero-order valence-corrected chi connectivity index (χ0v) is 14.7. The van der Waals surface area contributed by atoms with Gasteiger partial charge >= 0.3 is 5.97 Å². The molecular formula is C21H20N2O3. The van der Waals surface area contributed by atoms with Crippen LogP contribution in [-0.4, -0.2) is 23.2 Å². The predicted octanol–water partition coefficient (Wildman–Crippen LogP) is 4.38. The second-order valence-corrected chi connectivity index (χ2v) is 5.99. The van der Waals surface area contributed by atoms with Crippen LogP contribution < -0.4 is 10.1 Å². The summed E-state index contributed by atoms with van der Waals surface area (Å²) in [6.45, 7) is 2.77. The van der Waals surface area contributed by atoms with Crippen molar-refractivity contribution < 1.29 is 14.6 Å². The summed E-state index contributed by atoms with van der Waals surface area (Å²) >= 11 is 0. The van der Waals surface area contributed by atoms with E-state index in [0.717, 1.165) is 16.9 Å². The number of aromatic carboxylic acids is 1. The van der Waals surface area contributed by atoms with Gasteiger partial charge in [0.05, 0.1) is 7.11 Å². The molecule has 2 aromatic carbocycles. The number of methoxy groups -OCH3 is 1. The number of nitrogens with one attached hydrogen (secondary N) is 1. The van der Waals surface area contributed by atoms with Crippen LogP contribution in [-0.2, 0) is 6.54 Å². The Labute approximate surface area is 152 Å². The lowest BCUT2D eigenvalue weighted by Crippen LogP contribution is -2.02. The van der Waals surface area contributed by atoms with Gasteiger partial charge in [0.2, 0.25) is 0 Å². The fourth-order valence-electron chi connectivity index (χ4n) is 2.73. The minimum atomic E-state index is -1.01. The van der Waals surface area contributed by atoms with E-state index in [9.17, 15) is 4.79 Å². The van der Waals surface area contributed by atoms with Crippen molar-refractivity contribution >= 4 is 11.8 Å². The van der Waals surface area contributed by atoms with Gasteiger partial charge in [0.1, 0.15) is 17.1 Å². The highest BCUT2D eigenvalue weighted by Crippen LogP contribution is 2.27. The number of aromatic nitrogens is 1. The number of carboxylic acid groups (broad SMARTS) is 1. The maximum Gasteiger partial charge on any atom is 0.339 e. The smallest absolute Gasteiger partial charge is 0.339 e. The quantitative estimate of drug-likeness (QED) is 0.692. The molecular weight excluding hydrogens is 328 g/mol. The van der Waals surface area contributed by atoms with Gasteiger partial charge in [-0.25, -0.2) is 9.78 Å².